The first kappa shape index (κ1) is 19.7. The summed E-state index contributed by atoms with van der Waals surface area (Å²) in [7, 11) is 1.79. The fourth-order valence-electron chi connectivity index (χ4n) is 2.83. The Kier molecular flexibility index (Phi) is 6.74. The molecule has 0 saturated heterocycles. The summed E-state index contributed by atoms with van der Waals surface area (Å²) in [5, 5.41) is 3.48. The number of nitrogens with zero attached hydrogens (tertiary/aromatic N) is 1. The molecule has 0 aliphatic carbocycles. The molecular weight excluding hydrogens is 384 g/mol. The van der Waals surface area contributed by atoms with E-state index in [2.05, 4.69) is 17.4 Å². The number of rotatable bonds is 6. The Balaban J connectivity index is 1.49. The zero-order valence-corrected chi connectivity index (χ0v) is 17.0. The summed E-state index contributed by atoms with van der Waals surface area (Å²) in [6, 6.07) is 11.9. The van der Waals surface area contributed by atoms with E-state index in [-0.39, 0.29) is 6.03 Å². The van der Waals surface area contributed by atoms with Gasteiger partial charge in [0.05, 0.1) is 5.02 Å². The standard InChI is InChI=1S/C20H23ClN2O3S/c1-23(13-14-3-5-16(27-2)6-4-14)20(24)22-8-7-15-11-17(21)19-18(12-15)25-9-10-26-19/h3-6,11-12H,7-10,13H2,1-2H3,(H,22,24). The second-order valence-electron chi connectivity index (χ2n) is 6.29. The maximum atomic E-state index is 12.3. The van der Waals surface area contributed by atoms with Crippen LogP contribution < -0.4 is 14.8 Å². The summed E-state index contributed by atoms with van der Waals surface area (Å²) in [5.41, 5.74) is 2.10. The molecule has 1 aliphatic heterocycles. The molecule has 1 N–H and O–H groups in total. The van der Waals surface area contributed by atoms with Crippen molar-refractivity contribution in [3.63, 3.8) is 0 Å². The zero-order chi connectivity index (χ0) is 19.2. The second kappa shape index (κ2) is 9.24. The number of halogens is 1. The molecule has 0 spiro atoms. The Hall–Kier alpha value is -2.05. The fraction of sp³-hybridized carbons (Fsp3) is 0.350. The fourth-order valence-corrected chi connectivity index (χ4v) is 3.53. The minimum Gasteiger partial charge on any atom is -0.486 e. The minimum absolute atomic E-state index is 0.104. The summed E-state index contributed by atoms with van der Waals surface area (Å²) in [6.45, 7) is 2.11. The van der Waals surface area contributed by atoms with Gasteiger partial charge in [0.25, 0.3) is 0 Å². The number of nitrogens with one attached hydrogen (secondary N) is 1. The van der Waals surface area contributed by atoms with Crippen molar-refractivity contribution in [3.05, 3.63) is 52.5 Å². The van der Waals surface area contributed by atoms with Crippen LogP contribution in [0, 0.1) is 0 Å². The van der Waals surface area contributed by atoms with Crippen LogP contribution in [0.2, 0.25) is 5.02 Å². The number of urea groups is 1. The van der Waals surface area contributed by atoms with Crippen LogP contribution in [0.1, 0.15) is 11.1 Å². The van der Waals surface area contributed by atoms with E-state index >= 15 is 0 Å². The van der Waals surface area contributed by atoms with Crippen molar-refractivity contribution >= 4 is 29.4 Å². The lowest BCUT2D eigenvalue weighted by molar-refractivity contribution is 0.171. The molecule has 0 atom stereocenters. The van der Waals surface area contributed by atoms with Crippen LogP contribution in [-0.4, -0.2) is 44.0 Å². The van der Waals surface area contributed by atoms with E-state index < -0.39 is 0 Å². The monoisotopic (exact) mass is 406 g/mol. The lowest BCUT2D eigenvalue weighted by Crippen LogP contribution is -2.37. The number of ether oxygens (including phenoxy) is 2. The average Bonchev–Trinajstić information content (AvgIpc) is 2.68. The van der Waals surface area contributed by atoms with Gasteiger partial charge in [0.15, 0.2) is 11.5 Å². The van der Waals surface area contributed by atoms with Crippen LogP contribution in [0.3, 0.4) is 0 Å². The van der Waals surface area contributed by atoms with Crippen LogP contribution in [0.15, 0.2) is 41.3 Å². The van der Waals surface area contributed by atoms with Crippen molar-refractivity contribution < 1.29 is 14.3 Å². The molecule has 0 unspecified atom stereocenters. The van der Waals surface area contributed by atoms with Gasteiger partial charge in [-0.05, 0) is 48.1 Å². The number of thioether (sulfide) groups is 1. The Morgan fingerprint density at radius 1 is 1.19 bits per heavy atom. The first-order chi connectivity index (χ1) is 13.1. The average molecular weight is 407 g/mol. The third-order valence-electron chi connectivity index (χ3n) is 4.27. The smallest absolute Gasteiger partial charge is 0.317 e. The summed E-state index contributed by atoms with van der Waals surface area (Å²) >= 11 is 7.95. The van der Waals surface area contributed by atoms with Gasteiger partial charge in [0.2, 0.25) is 0 Å². The largest absolute Gasteiger partial charge is 0.486 e. The van der Waals surface area contributed by atoms with Crippen LogP contribution in [-0.2, 0) is 13.0 Å². The number of carbonyl (C=O) groups is 1. The molecular formula is C20H23ClN2O3S. The molecule has 0 saturated carbocycles. The molecule has 0 fully saturated rings. The van der Waals surface area contributed by atoms with E-state index in [4.69, 9.17) is 21.1 Å². The van der Waals surface area contributed by atoms with Crippen molar-refractivity contribution in [2.75, 3.05) is 33.1 Å². The van der Waals surface area contributed by atoms with E-state index in [1.54, 1.807) is 23.7 Å². The Morgan fingerprint density at radius 2 is 1.93 bits per heavy atom. The first-order valence-electron chi connectivity index (χ1n) is 8.76. The van der Waals surface area contributed by atoms with Crippen LogP contribution in [0.4, 0.5) is 4.79 Å². The van der Waals surface area contributed by atoms with Crippen molar-refractivity contribution in [2.45, 2.75) is 17.9 Å². The summed E-state index contributed by atoms with van der Waals surface area (Å²) in [5.74, 6) is 1.27. The van der Waals surface area contributed by atoms with E-state index in [0.717, 1.165) is 11.1 Å². The minimum atomic E-state index is -0.104. The van der Waals surface area contributed by atoms with Crippen LogP contribution >= 0.6 is 23.4 Å². The Labute approximate surface area is 169 Å². The van der Waals surface area contributed by atoms with Crippen molar-refractivity contribution in [3.8, 4) is 11.5 Å². The van der Waals surface area contributed by atoms with Crippen molar-refractivity contribution in [1.82, 2.24) is 10.2 Å². The maximum Gasteiger partial charge on any atom is 0.317 e. The van der Waals surface area contributed by atoms with Crippen LogP contribution in [0.25, 0.3) is 0 Å². The molecule has 27 heavy (non-hydrogen) atoms. The van der Waals surface area contributed by atoms with Gasteiger partial charge in [-0.1, -0.05) is 23.7 Å². The number of hydrogen-bond acceptors (Lipinski definition) is 4. The van der Waals surface area contributed by atoms with Gasteiger partial charge in [-0.25, -0.2) is 4.79 Å². The highest BCUT2D eigenvalue weighted by atomic mass is 35.5. The van der Waals surface area contributed by atoms with Gasteiger partial charge >= 0.3 is 6.03 Å². The molecule has 2 amide bonds. The van der Waals surface area contributed by atoms with E-state index in [9.17, 15) is 4.79 Å². The lowest BCUT2D eigenvalue weighted by atomic mass is 10.1. The Morgan fingerprint density at radius 3 is 2.67 bits per heavy atom. The predicted molar refractivity (Wildman–Crippen MR) is 109 cm³/mol. The Bertz CT molecular complexity index is 799. The van der Waals surface area contributed by atoms with Crippen LogP contribution in [0.5, 0.6) is 11.5 Å². The molecule has 3 rings (SSSR count). The van der Waals surface area contributed by atoms with E-state index in [1.807, 2.05) is 30.5 Å². The predicted octanol–water partition coefficient (Wildman–Crippen LogP) is 4.22. The third kappa shape index (κ3) is 5.23. The van der Waals surface area contributed by atoms with E-state index in [1.165, 1.54) is 4.90 Å². The van der Waals surface area contributed by atoms with Gasteiger partial charge in [-0.15, -0.1) is 11.8 Å². The molecule has 1 heterocycles. The molecule has 2 aromatic carbocycles. The molecule has 0 radical (unpaired) electrons. The highest BCUT2D eigenvalue weighted by Gasteiger charge is 2.16. The van der Waals surface area contributed by atoms with Crippen molar-refractivity contribution in [1.29, 1.82) is 0 Å². The van der Waals surface area contributed by atoms with Gasteiger partial charge in [-0.3, -0.25) is 0 Å². The first-order valence-corrected chi connectivity index (χ1v) is 10.4. The molecule has 5 nitrogen and oxygen atoms in total. The second-order valence-corrected chi connectivity index (χ2v) is 7.57. The molecule has 1 aliphatic rings. The molecule has 7 heteroatoms. The third-order valence-corrected chi connectivity index (χ3v) is 5.30. The molecule has 144 valence electrons. The summed E-state index contributed by atoms with van der Waals surface area (Å²) < 4.78 is 11.1. The molecule has 2 aromatic rings. The molecule has 0 bridgehead atoms. The number of carbonyl (C=O) groups excluding carboxylic acids is 1. The quantitative estimate of drug-likeness (QED) is 0.730. The number of benzene rings is 2. The summed E-state index contributed by atoms with van der Waals surface area (Å²) in [6.07, 6.45) is 2.71. The maximum absolute atomic E-state index is 12.3. The normalized spacial score (nSPS) is 12.6. The molecule has 0 aromatic heterocycles. The van der Waals surface area contributed by atoms with E-state index in [0.29, 0.717) is 49.2 Å². The number of amides is 2. The topological polar surface area (TPSA) is 50.8 Å². The highest BCUT2D eigenvalue weighted by molar-refractivity contribution is 7.98. The highest BCUT2D eigenvalue weighted by Crippen LogP contribution is 2.38. The van der Waals surface area contributed by atoms with Gasteiger partial charge in [-0.2, -0.15) is 0 Å². The SMILES string of the molecule is CSc1ccc(CN(C)C(=O)NCCc2cc(Cl)c3c(c2)OCCO3)cc1. The number of fused-ring (bicyclic) bond motifs is 1. The van der Waals surface area contributed by atoms with Gasteiger partial charge < -0.3 is 19.7 Å². The van der Waals surface area contributed by atoms with Gasteiger partial charge in [0.1, 0.15) is 13.2 Å². The zero-order valence-electron chi connectivity index (χ0n) is 15.5. The lowest BCUT2D eigenvalue weighted by Gasteiger charge is -2.21. The summed E-state index contributed by atoms with van der Waals surface area (Å²) in [4.78, 5) is 15.2. The van der Waals surface area contributed by atoms with Gasteiger partial charge in [0, 0.05) is 25.0 Å². The number of hydrogen-bond donors (Lipinski definition) is 1. The van der Waals surface area contributed by atoms with Crippen molar-refractivity contribution in [2.24, 2.45) is 0 Å².